The van der Waals surface area contributed by atoms with Gasteiger partial charge in [0.05, 0.1) is 17.0 Å². The molecule has 6 nitrogen and oxygen atoms in total. The zero-order chi connectivity index (χ0) is 24.1. The van der Waals surface area contributed by atoms with Crippen LogP contribution in [-0.4, -0.2) is 43.9 Å². The van der Waals surface area contributed by atoms with Crippen LogP contribution < -0.4 is 9.04 Å². The van der Waals surface area contributed by atoms with E-state index in [4.69, 9.17) is 16.3 Å². The summed E-state index contributed by atoms with van der Waals surface area (Å²) in [5, 5.41) is 0.655. The number of aromatic nitrogens is 1. The molecule has 1 aromatic heterocycles. The number of ether oxygens (including phenoxy) is 1. The fourth-order valence-electron chi connectivity index (χ4n) is 3.99. The minimum atomic E-state index is -3.53. The quantitative estimate of drug-likeness (QED) is 0.358. The number of nitrogens with zero attached hydrogens (tertiary/aromatic N) is 3. The van der Waals surface area contributed by atoms with E-state index in [1.807, 2.05) is 48.5 Å². The third kappa shape index (κ3) is 5.35. The van der Waals surface area contributed by atoms with Gasteiger partial charge in [0.2, 0.25) is 10.0 Å². The number of anilines is 1. The van der Waals surface area contributed by atoms with Crippen LogP contribution in [0, 0.1) is 0 Å². The molecule has 1 saturated heterocycles. The largest absolute Gasteiger partial charge is 0.493 e. The van der Waals surface area contributed by atoms with Crippen molar-refractivity contribution in [2.24, 2.45) is 0 Å². The molecule has 9 heteroatoms. The van der Waals surface area contributed by atoms with Crippen LogP contribution >= 0.6 is 23.5 Å². The second-order valence-electron chi connectivity index (χ2n) is 8.01. The molecule has 1 fully saturated rings. The Morgan fingerprint density at radius 1 is 1.09 bits per heavy atom. The molecule has 3 aromatic rings. The first kappa shape index (κ1) is 24.9. The minimum absolute atomic E-state index is 0.0546. The summed E-state index contributed by atoms with van der Waals surface area (Å²) < 4.78 is 35.7. The molecule has 1 aliphatic heterocycles. The maximum absolute atomic E-state index is 13.2. The zero-order valence-electron chi connectivity index (χ0n) is 19.2. The van der Waals surface area contributed by atoms with Gasteiger partial charge in [-0.3, -0.25) is 4.31 Å². The van der Waals surface area contributed by atoms with Crippen molar-refractivity contribution in [3.8, 4) is 5.75 Å². The Bertz CT molecular complexity index is 1210. The Kier molecular flexibility index (Phi) is 8.03. The third-order valence-electron chi connectivity index (χ3n) is 5.94. The molecule has 1 aliphatic rings. The van der Waals surface area contributed by atoms with Crippen molar-refractivity contribution in [3.05, 3.63) is 77.4 Å². The first-order chi connectivity index (χ1) is 16.4. The predicted molar refractivity (Wildman–Crippen MR) is 138 cm³/mol. The predicted octanol–water partition coefficient (Wildman–Crippen LogP) is 5.67. The minimum Gasteiger partial charge on any atom is -0.493 e. The lowest BCUT2D eigenvalue weighted by Crippen LogP contribution is -2.45. The summed E-state index contributed by atoms with van der Waals surface area (Å²) >= 11 is 7.96. The first-order valence-corrected chi connectivity index (χ1v) is 13.8. The van der Waals surface area contributed by atoms with Crippen LogP contribution in [0.5, 0.6) is 5.75 Å². The van der Waals surface area contributed by atoms with Crippen molar-refractivity contribution in [3.63, 3.8) is 0 Å². The molecule has 2 heterocycles. The highest BCUT2D eigenvalue weighted by Crippen LogP contribution is 2.40. The van der Waals surface area contributed by atoms with Crippen LogP contribution in [0.2, 0.25) is 5.02 Å². The van der Waals surface area contributed by atoms with Gasteiger partial charge in [-0.2, -0.15) is 4.31 Å². The average Bonchev–Trinajstić information content (AvgIpc) is 2.88. The fraction of sp³-hybridized carbons (Fsp3) is 0.320. The lowest BCUT2D eigenvalue weighted by atomic mass is 10.1. The van der Waals surface area contributed by atoms with Gasteiger partial charge in [-0.15, -0.1) is 0 Å². The maximum atomic E-state index is 13.2. The summed E-state index contributed by atoms with van der Waals surface area (Å²) in [6, 6.07) is 18.6. The van der Waals surface area contributed by atoms with Crippen LogP contribution in [0.3, 0.4) is 0 Å². The summed E-state index contributed by atoms with van der Waals surface area (Å²) in [5.41, 5.74) is 1.12. The lowest BCUT2D eigenvalue weighted by molar-refractivity contribution is 0.321. The van der Waals surface area contributed by atoms with E-state index < -0.39 is 10.0 Å². The van der Waals surface area contributed by atoms with Gasteiger partial charge in [-0.1, -0.05) is 42.8 Å². The summed E-state index contributed by atoms with van der Waals surface area (Å²) in [6.07, 6.45) is 3.92. The number of hydrogen-bond acceptors (Lipinski definition) is 6. The van der Waals surface area contributed by atoms with E-state index in [1.54, 1.807) is 29.7 Å². The monoisotopic (exact) mass is 517 g/mol. The number of aryl methyl sites for hydroxylation is 1. The molecule has 0 saturated carbocycles. The Labute approximate surface area is 211 Å². The Balaban J connectivity index is 1.56. The van der Waals surface area contributed by atoms with Gasteiger partial charge in [0, 0.05) is 30.2 Å². The highest BCUT2D eigenvalue weighted by atomic mass is 35.5. The van der Waals surface area contributed by atoms with Gasteiger partial charge >= 0.3 is 0 Å². The molecule has 0 spiro atoms. The summed E-state index contributed by atoms with van der Waals surface area (Å²) in [6.45, 7) is 2.91. The average molecular weight is 518 g/mol. The van der Waals surface area contributed by atoms with Crippen LogP contribution in [0.4, 0.5) is 5.82 Å². The van der Waals surface area contributed by atoms with Gasteiger partial charge in [0.1, 0.15) is 0 Å². The molecule has 0 radical (unpaired) electrons. The van der Waals surface area contributed by atoms with Crippen molar-refractivity contribution in [2.45, 2.75) is 42.0 Å². The fourth-order valence-corrected chi connectivity index (χ4v) is 6.78. The molecular weight excluding hydrogens is 490 g/mol. The normalized spacial score (nSPS) is 15.3. The van der Waals surface area contributed by atoms with Gasteiger partial charge in [-0.05, 0) is 73.2 Å². The van der Waals surface area contributed by atoms with Crippen LogP contribution in [-0.2, 0) is 16.4 Å². The van der Waals surface area contributed by atoms with Crippen molar-refractivity contribution in [1.29, 1.82) is 0 Å². The standard InChI is InChI=1S/C25H28ClN3O3S2/c1-3-19-10-12-21(13-11-19)34(30,31)28-17-14-20(15-18-28)29(25-23(32-2)8-6-16-27-25)33-24-9-5-4-7-22(24)26/h4-13,16,20H,3,14-15,17-18H2,1-2H3. The van der Waals surface area contributed by atoms with Gasteiger partial charge in [0.25, 0.3) is 0 Å². The smallest absolute Gasteiger partial charge is 0.243 e. The Morgan fingerprint density at radius 3 is 2.44 bits per heavy atom. The molecule has 4 rings (SSSR count). The van der Waals surface area contributed by atoms with E-state index >= 15 is 0 Å². The highest BCUT2D eigenvalue weighted by molar-refractivity contribution is 8.00. The van der Waals surface area contributed by atoms with Gasteiger partial charge < -0.3 is 4.74 Å². The first-order valence-electron chi connectivity index (χ1n) is 11.2. The van der Waals surface area contributed by atoms with E-state index in [9.17, 15) is 8.42 Å². The molecule has 0 unspecified atom stereocenters. The molecule has 0 atom stereocenters. The van der Waals surface area contributed by atoms with E-state index in [-0.39, 0.29) is 6.04 Å². The molecule has 2 aromatic carbocycles. The van der Waals surface area contributed by atoms with Gasteiger partial charge in [-0.25, -0.2) is 13.4 Å². The van der Waals surface area contributed by atoms with Gasteiger partial charge in [0.15, 0.2) is 11.6 Å². The third-order valence-corrected chi connectivity index (χ3v) is 9.51. The second kappa shape index (κ2) is 11.0. The van der Waals surface area contributed by atoms with Crippen molar-refractivity contribution in [2.75, 3.05) is 24.5 Å². The number of pyridine rings is 1. The van der Waals surface area contributed by atoms with Crippen LogP contribution in [0.15, 0.2) is 76.7 Å². The lowest BCUT2D eigenvalue weighted by Gasteiger charge is -2.38. The number of halogens is 1. The molecule has 0 bridgehead atoms. The second-order valence-corrected chi connectivity index (χ2v) is 11.4. The van der Waals surface area contributed by atoms with Crippen molar-refractivity contribution >= 4 is 39.4 Å². The molecule has 0 N–H and O–H groups in total. The van der Waals surface area contributed by atoms with E-state index in [1.165, 1.54) is 11.9 Å². The molecular formula is C25H28ClN3O3S2. The number of hydrogen-bond donors (Lipinski definition) is 0. The molecule has 34 heavy (non-hydrogen) atoms. The number of methoxy groups -OCH3 is 1. The summed E-state index contributed by atoms with van der Waals surface area (Å²) in [7, 11) is -1.91. The zero-order valence-corrected chi connectivity index (χ0v) is 21.6. The molecule has 0 aliphatic carbocycles. The molecule has 180 valence electrons. The van der Waals surface area contributed by atoms with Crippen molar-refractivity contribution < 1.29 is 13.2 Å². The van der Waals surface area contributed by atoms with E-state index in [2.05, 4.69) is 16.2 Å². The summed E-state index contributed by atoms with van der Waals surface area (Å²) in [4.78, 5) is 5.84. The topological polar surface area (TPSA) is 62.7 Å². The number of rotatable bonds is 8. The Morgan fingerprint density at radius 2 is 1.79 bits per heavy atom. The molecule has 0 amide bonds. The van der Waals surface area contributed by atoms with Crippen LogP contribution in [0.1, 0.15) is 25.3 Å². The number of sulfonamides is 1. The van der Waals surface area contributed by atoms with E-state index in [0.717, 1.165) is 16.9 Å². The van der Waals surface area contributed by atoms with E-state index in [0.29, 0.717) is 47.4 Å². The summed E-state index contributed by atoms with van der Waals surface area (Å²) in [5.74, 6) is 1.36. The SMILES string of the molecule is CCc1ccc(S(=O)(=O)N2CCC(N(Sc3ccccc3Cl)c3ncccc3OC)CC2)cc1. The number of benzene rings is 2. The maximum Gasteiger partial charge on any atom is 0.243 e. The van der Waals surface area contributed by atoms with Crippen LogP contribution in [0.25, 0.3) is 0 Å². The Hall–Kier alpha value is -2.26. The van der Waals surface area contributed by atoms with Crippen molar-refractivity contribution in [1.82, 2.24) is 9.29 Å². The number of piperidine rings is 1. The highest BCUT2D eigenvalue weighted by Gasteiger charge is 2.34.